The van der Waals surface area contributed by atoms with Crippen molar-refractivity contribution in [1.29, 1.82) is 0 Å². The van der Waals surface area contributed by atoms with E-state index in [-0.39, 0.29) is 5.56 Å². The van der Waals surface area contributed by atoms with Crippen molar-refractivity contribution in [2.75, 3.05) is 11.6 Å². The second-order valence-corrected chi connectivity index (χ2v) is 4.03. The molecule has 0 radical (unpaired) electrons. The molecular weight excluding hydrogens is 188 g/mol. The van der Waals surface area contributed by atoms with Crippen LogP contribution in [0.5, 0.6) is 0 Å². The number of nitrogens with two attached hydrogens (primary N) is 1. The molecule has 1 aromatic heterocycles. The molecule has 0 aromatic carbocycles. The summed E-state index contributed by atoms with van der Waals surface area (Å²) in [7, 11) is 0. The summed E-state index contributed by atoms with van der Waals surface area (Å²) in [5, 5.41) is 7.76. The van der Waals surface area contributed by atoms with Crippen molar-refractivity contribution >= 4 is 11.8 Å². The maximum atomic E-state index is 11.0. The van der Waals surface area contributed by atoms with Crippen LogP contribution in [-0.4, -0.2) is 20.6 Å². The Bertz CT molecular complexity index is 336. The molecule has 0 fully saturated rings. The van der Waals surface area contributed by atoms with E-state index in [1.165, 1.54) is 11.8 Å². The summed E-state index contributed by atoms with van der Waals surface area (Å²) in [6, 6.07) is 0. The number of hydrogen-bond donors (Lipinski definition) is 1. The van der Waals surface area contributed by atoms with Gasteiger partial charge in [0.15, 0.2) is 0 Å². The van der Waals surface area contributed by atoms with Crippen LogP contribution in [0.25, 0.3) is 0 Å². The maximum Gasteiger partial charge on any atom is 0.291 e. The number of rotatable bonds is 3. The Morgan fingerprint density at radius 1 is 1.69 bits per heavy atom. The predicted octanol–water partition coefficient (Wildman–Crippen LogP) is 0.100. The van der Waals surface area contributed by atoms with E-state index in [1.54, 1.807) is 0 Å². The minimum absolute atomic E-state index is 0.332. The molecule has 1 heterocycles. The highest BCUT2D eigenvalue weighted by molar-refractivity contribution is 7.99. The van der Waals surface area contributed by atoms with Crippen LogP contribution in [0.15, 0.2) is 16.1 Å². The van der Waals surface area contributed by atoms with Crippen LogP contribution >= 0.6 is 11.8 Å². The molecular formula is C7H12N4OS. The van der Waals surface area contributed by atoms with E-state index in [9.17, 15) is 4.79 Å². The Labute approximate surface area is 80.3 Å². The number of nitrogens with zero attached hydrogens (tertiary/aromatic N) is 3. The number of aromatic nitrogens is 3. The van der Waals surface area contributed by atoms with Crippen LogP contribution in [0.4, 0.5) is 0 Å². The van der Waals surface area contributed by atoms with Gasteiger partial charge in [0.1, 0.15) is 6.20 Å². The van der Waals surface area contributed by atoms with Crippen LogP contribution in [0.2, 0.25) is 0 Å². The zero-order valence-electron chi connectivity index (χ0n) is 7.60. The van der Waals surface area contributed by atoms with E-state index in [0.717, 1.165) is 16.6 Å². The molecule has 0 bridgehead atoms. The molecule has 1 aromatic rings. The quantitative estimate of drug-likeness (QED) is 0.553. The topological polar surface area (TPSA) is 73.8 Å². The van der Waals surface area contributed by atoms with Crippen LogP contribution in [0.3, 0.4) is 0 Å². The third-order valence-electron chi connectivity index (χ3n) is 1.30. The lowest BCUT2D eigenvalue weighted by molar-refractivity contribution is 0.690. The summed E-state index contributed by atoms with van der Waals surface area (Å²) < 4.78 is 1.01. The van der Waals surface area contributed by atoms with E-state index in [2.05, 4.69) is 24.0 Å². The zero-order chi connectivity index (χ0) is 9.84. The van der Waals surface area contributed by atoms with E-state index >= 15 is 0 Å². The normalized spacial score (nSPS) is 10.7. The van der Waals surface area contributed by atoms with Gasteiger partial charge in [-0.2, -0.15) is 9.77 Å². The summed E-state index contributed by atoms with van der Waals surface area (Å²) in [5.41, 5.74) is -0.332. The minimum Gasteiger partial charge on any atom is -0.334 e. The molecule has 0 aliphatic heterocycles. The van der Waals surface area contributed by atoms with E-state index in [0.29, 0.717) is 11.1 Å². The van der Waals surface area contributed by atoms with Gasteiger partial charge in [0.2, 0.25) is 5.16 Å². The summed E-state index contributed by atoms with van der Waals surface area (Å²) in [6.45, 7) is 4.17. The fourth-order valence-corrected chi connectivity index (χ4v) is 1.49. The average Bonchev–Trinajstić information content (AvgIpc) is 2.07. The third kappa shape index (κ3) is 2.73. The zero-order valence-corrected chi connectivity index (χ0v) is 8.41. The number of nitrogen functional groups attached to an aromatic ring is 1. The second kappa shape index (κ2) is 4.27. The first-order chi connectivity index (χ1) is 6.11. The molecule has 5 nitrogen and oxygen atoms in total. The van der Waals surface area contributed by atoms with Gasteiger partial charge in [-0.25, -0.2) is 0 Å². The van der Waals surface area contributed by atoms with Gasteiger partial charge in [0, 0.05) is 5.75 Å². The Morgan fingerprint density at radius 2 is 2.38 bits per heavy atom. The molecule has 1 rings (SSSR count). The number of thioether (sulfide) groups is 1. The second-order valence-electron chi connectivity index (χ2n) is 3.04. The monoisotopic (exact) mass is 200 g/mol. The molecule has 0 saturated heterocycles. The molecule has 72 valence electrons. The highest BCUT2D eigenvalue weighted by Gasteiger charge is 2.04. The lowest BCUT2D eigenvalue weighted by atomic mass is 10.3. The van der Waals surface area contributed by atoms with Gasteiger partial charge < -0.3 is 5.84 Å². The Morgan fingerprint density at radius 3 is 3.00 bits per heavy atom. The van der Waals surface area contributed by atoms with Crippen LogP contribution in [-0.2, 0) is 0 Å². The summed E-state index contributed by atoms with van der Waals surface area (Å²) in [4.78, 5) is 11.0. The van der Waals surface area contributed by atoms with Gasteiger partial charge in [-0.3, -0.25) is 4.79 Å². The van der Waals surface area contributed by atoms with Crippen molar-refractivity contribution in [3.8, 4) is 0 Å². The highest BCUT2D eigenvalue weighted by atomic mass is 32.2. The molecule has 0 amide bonds. The van der Waals surface area contributed by atoms with E-state index < -0.39 is 0 Å². The van der Waals surface area contributed by atoms with Crippen LogP contribution in [0.1, 0.15) is 13.8 Å². The van der Waals surface area contributed by atoms with Crippen molar-refractivity contribution in [1.82, 2.24) is 14.9 Å². The third-order valence-corrected chi connectivity index (χ3v) is 2.67. The SMILES string of the molecule is CC(C)CSc1nncc(=O)n1N. The molecule has 13 heavy (non-hydrogen) atoms. The molecule has 2 N–H and O–H groups in total. The first-order valence-electron chi connectivity index (χ1n) is 3.94. The van der Waals surface area contributed by atoms with Gasteiger partial charge in [-0.05, 0) is 5.92 Å². The van der Waals surface area contributed by atoms with E-state index in [1.807, 2.05) is 0 Å². The van der Waals surface area contributed by atoms with Crippen molar-refractivity contribution in [2.45, 2.75) is 19.0 Å². The fraction of sp³-hybridized carbons (Fsp3) is 0.571. The minimum atomic E-state index is -0.332. The largest absolute Gasteiger partial charge is 0.334 e. The van der Waals surface area contributed by atoms with Crippen LogP contribution in [0, 0.1) is 5.92 Å². The molecule has 0 atom stereocenters. The van der Waals surface area contributed by atoms with Crippen molar-refractivity contribution < 1.29 is 0 Å². The van der Waals surface area contributed by atoms with Gasteiger partial charge in [0.25, 0.3) is 5.56 Å². The molecule has 0 unspecified atom stereocenters. The Hall–Kier alpha value is -1.04. The number of hydrogen-bond acceptors (Lipinski definition) is 5. The van der Waals surface area contributed by atoms with Gasteiger partial charge in [-0.1, -0.05) is 25.6 Å². The van der Waals surface area contributed by atoms with Gasteiger partial charge in [-0.15, -0.1) is 5.10 Å². The standard InChI is InChI=1S/C7H12N4OS/c1-5(2)4-13-7-10-9-3-6(12)11(7)8/h3,5H,4,8H2,1-2H3. The average molecular weight is 200 g/mol. The van der Waals surface area contributed by atoms with E-state index in [4.69, 9.17) is 5.84 Å². The summed E-state index contributed by atoms with van der Waals surface area (Å²) in [5.74, 6) is 6.85. The lowest BCUT2D eigenvalue weighted by Gasteiger charge is -2.05. The molecule has 0 saturated carbocycles. The van der Waals surface area contributed by atoms with Crippen molar-refractivity contribution in [2.24, 2.45) is 5.92 Å². The summed E-state index contributed by atoms with van der Waals surface area (Å²) in [6.07, 6.45) is 1.10. The van der Waals surface area contributed by atoms with Crippen LogP contribution < -0.4 is 11.4 Å². The first kappa shape index (κ1) is 10.0. The fourth-order valence-electron chi connectivity index (χ4n) is 0.672. The predicted molar refractivity (Wildman–Crippen MR) is 52.0 cm³/mol. The van der Waals surface area contributed by atoms with Crippen molar-refractivity contribution in [3.05, 3.63) is 16.6 Å². The molecule has 0 aliphatic rings. The lowest BCUT2D eigenvalue weighted by Crippen LogP contribution is -2.29. The summed E-state index contributed by atoms with van der Waals surface area (Å²) >= 11 is 1.43. The first-order valence-corrected chi connectivity index (χ1v) is 4.92. The molecule has 0 aliphatic carbocycles. The highest BCUT2D eigenvalue weighted by Crippen LogP contribution is 2.14. The Balaban J connectivity index is 2.77. The van der Waals surface area contributed by atoms with Gasteiger partial charge >= 0.3 is 0 Å². The maximum absolute atomic E-state index is 11.0. The smallest absolute Gasteiger partial charge is 0.291 e. The van der Waals surface area contributed by atoms with Gasteiger partial charge in [0.05, 0.1) is 0 Å². The molecule has 0 spiro atoms. The Kier molecular flexibility index (Phi) is 3.30. The van der Waals surface area contributed by atoms with Crippen molar-refractivity contribution in [3.63, 3.8) is 0 Å². The molecule has 6 heteroatoms.